The minimum absolute atomic E-state index is 0.0136. The number of halogens is 1. The number of Topliss-reactive ketones (excluding diaryl/α,β-unsaturated/α-hetero) is 1. The Morgan fingerprint density at radius 1 is 1.14 bits per heavy atom. The Kier molecular flexibility index (Phi) is 6.64. The summed E-state index contributed by atoms with van der Waals surface area (Å²) in [5.74, 6) is -1.56. The highest BCUT2D eigenvalue weighted by Gasteiger charge is 2.29. The van der Waals surface area contributed by atoms with Gasteiger partial charge in [-0.25, -0.2) is 17.9 Å². The van der Waals surface area contributed by atoms with Crippen molar-refractivity contribution < 1.29 is 27.5 Å². The minimum Gasteiger partial charge on any atom is -0.465 e. The van der Waals surface area contributed by atoms with Gasteiger partial charge in [-0.1, -0.05) is 42.0 Å². The second kappa shape index (κ2) is 9.52. The molecule has 8 nitrogen and oxygen atoms in total. The molecule has 35 heavy (non-hydrogen) atoms. The fourth-order valence-corrected chi connectivity index (χ4v) is 4.63. The molecule has 2 aromatic carbocycles. The van der Waals surface area contributed by atoms with E-state index in [1.165, 1.54) is 7.11 Å². The molecule has 3 aromatic rings. The van der Waals surface area contributed by atoms with Crippen LogP contribution in [0.5, 0.6) is 0 Å². The number of esters is 1. The summed E-state index contributed by atoms with van der Waals surface area (Å²) in [6.45, 7) is 0.156. The van der Waals surface area contributed by atoms with Gasteiger partial charge in [0.15, 0.2) is 5.78 Å². The van der Waals surface area contributed by atoms with Crippen LogP contribution in [0.25, 0.3) is 16.5 Å². The van der Waals surface area contributed by atoms with Crippen molar-refractivity contribution in [2.45, 2.75) is 13.0 Å². The summed E-state index contributed by atoms with van der Waals surface area (Å²) >= 11 is 6.27. The van der Waals surface area contributed by atoms with E-state index in [9.17, 15) is 22.8 Å². The Labute approximate surface area is 206 Å². The molecular formula is C25H21ClN2O6S. The predicted molar refractivity (Wildman–Crippen MR) is 133 cm³/mol. The summed E-state index contributed by atoms with van der Waals surface area (Å²) in [5, 5.41) is 0.935. The Balaban J connectivity index is 1.96. The largest absolute Gasteiger partial charge is 0.465 e. The van der Waals surface area contributed by atoms with Gasteiger partial charge in [0.2, 0.25) is 10.0 Å². The number of amides is 1. The molecule has 10 heteroatoms. The topological polar surface area (TPSA) is 112 Å². The Morgan fingerprint density at radius 2 is 1.86 bits per heavy atom. The van der Waals surface area contributed by atoms with E-state index in [1.807, 2.05) is 4.72 Å². The van der Waals surface area contributed by atoms with Gasteiger partial charge in [0, 0.05) is 40.0 Å². The summed E-state index contributed by atoms with van der Waals surface area (Å²) < 4.78 is 32.3. The van der Waals surface area contributed by atoms with Crippen LogP contribution in [-0.2, 0) is 26.1 Å². The molecule has 0 fully saturated rings. The van der Waals surface area contributed by atoms with Gasteiger partial charge < -0.3 is 9.30 Å². The van der Waals surface area contributed by atoms with Crippen molar-refractivity contribution >= 4 is 55.8 Å². The maximum absolute atomic E-state index is 13.3. The maximum atomic E-state index is 13.3. The van der Waals surface area contributed by atoms with E-state index in [-0.39, 0.29) is 24.4 Å². The number of ether oxygens (including phenoxy) is 1. The second-order valence-electron chi connectivity index (χ2n) is 8.00. The zero-order chi connectivity index (χ0) is 25.3. The number of carbonyl (C=O) groups excluding carboxylic acids is 3. The SMILES string of the molecule is COC(=O)c1ccc(Cn2c(C(=O)NS(C)(=O)=O)c(C3=CC=CCC3=O)c3cc(Cl)ccc32)cc1. The smallest absolute Gasteiger partial charge is 0.337 e. The van der Waals surface area contributed by atoms with E-state index in [0.29, 0.717) is 32.6 Å². The van der Waals surface area contributed by atoms with E-state index in [4.69, 9.17) is 16.3 Å². The van der Waals surface area contributed by atoms with Gasteiger partial charge in [0.05, 0.1) is 18.9 Å². The molecule has 1 aromatic heterocycles. The maximum Gasteiger partial charge on any atom is 0.337 e. The Bertz CT molecular complexity index is 1530. The van der Waals surface area contributed by atoms with Crippen LogP contribution in [0.1, 0.15) is 38.4 Å². The van der Waals surface area contributed by atoms with Crippen molar-refractivity contribution in [1.29, 1.82) is 0 Å². The molecule has 4 rings (SSSR count). The summed E-state index contributed by atoms with van der Waals surface area (Å²) in [6.07, 6.45) is 6.06. The number of hydrogen-bond donors (Lipinski definition) is 1. The molecule has 0 aliphatic heterocycles. The number of aromatic nitrogens is 1. The fraction of sp³-hybridized carbons (Fsp3) is 0.160. The molecule has 1 N–H and O–H groups in total. The molecule has 0 radical (unpaired) electrons. The van der Waals surface area contributed by atoms with Crippen molar-refractivity contribution in [2.75, 3.05) is 13.4 Å². The molecule has 180 valence electrons. The highest BCUT2D eigenvalue weighted by molar-refractivity contribution is 7.89. The summed E-state index contributed by atoms with van der Waals surface area (Å²) in [7, 11) is -2.60. The van der Waals surface area contributed by atoms with Crippen molar-refractivity contribution in [3.8, 4) is 0 Å². The number of benzene rings is 2. The zero-order valence-electron chi connectivity index (χ0n) is 18.9. The molecule has 1 amide bonds. The number of allylic oxidation sites excluding steroid dienone is 4. The highest BCUT2D eigenvalue weighted by Crippen LogP contribution is 2.36. The zero-order valence-corrected chi connectivity index (χ0v) is 20.4. The van der Waals surface area contributed by atoms with Gasteiger partial charge in [-0.3, -0.25) is 9.59 Å². The van der Waals surface area contributed by atoms with E-state index in [1.54, 1.807) is 65.3 Å². The summed E-state index contributed by atoms with van der Waals surface area (Å²) in [6, 6.07) is 11.6. The van der Waals surface area contributed by atoms with Crippen LogP contribution in [0.15, 0.2) is 60.7 Å². The number of methoxy groups -OCH3 is 1. The molecule has 0 spiro atoms. The van der Waals surface area contributed by atoms with Crippen LogP contribution in [0.2, 0.25) is 5.02 Å². The van der Waals surface area contributed by atoms with Gasteiger partial charge in [-0.05, 0) is 35.9 Å². The fourth-order valence-electron chi connectivity index (χ4n) is 4.03. The minimum atomic E-state index is -3.89. The van der Waals surface area contributed by atoms with Crippen LogP contribution in [0.3, 0.4) is 0 Å². The van der Waals surface area contributed by atoms with Gasteiger partial charge >= 0.3 is 5.97 Å². The third kappa shape index (κ3) is 5.06. The first-order valence-corrected chi connectivity index (χ1v) is 12.8. The predicted octanol–water partition coefficient (Wildman–Crippen LogP) is 3.73. The van der Waals surface area contributed by atoms with Crippen LogP contribution in [-0.4, -0.2) is 44.0 Å². The van der Waals surface area contributed by atoms with Crippen LogP contribution >= 0.6 is 11.6 Å². The molecule has 1 heterocycles. The lowest BCUT2D eigenvalue weighted by molar-refractivity contribution is -0.113. The monoisotopic (exact) mass is 512 g/mol. The number of sulfonamides is 1. The highest BCUT2D eigenvalue weighted by atomic mass is 35.5. The number of carbonyl (C=O) groups is 3. The number of rotatable bonds is 6. The lowest BCUT2D eigenvalue weighted by Gasteiger charge is -2.14. The third-order valence-corrected chi connectivity index (χ3v) is 6.30. The molecule has 1 aliphatic rings. The van der Waals surface area contributed by atoms with Crippen molar-refractivity contribution in [2.24, 2.45) is 0 Å². The molecule has 1 aliphatic carbocycles. The van der Waals surface area contributed by atoms with Crippen LogP contribution < -0.4 is 4.72 Å². The van der Waals surface area contributed by atoms with Gasteiger partial charge in [-0.2, -0.15) is 0 Å². The molecule has 0 atom stereocenters. The van der Waals surface area contributed by atoms with Gasteiger partial charge in [-0.15, -0.1) is 0 Å². The number of fused-ring (bicyclic) bond motifs is 1. The van der Waals surface area contributed by atoms with E-state index in [0.717, 1.165) is 11.8 Å². The Morgan fingerprint density at radius 3 is 2.49 bits per heavy atom. The Hall–Kier alpha value is -3.69. The molecule has 0 bridgehead atoms. The molecule has 0 saturated heterocycles. The average molecular weight is 513 g/mol. The number of hydrogen-bond acceptors (Lipinski definition) is 6. The molecule has 0 saturated carbocycles. The van der Waals surface area contributed by atoms with E-state index in [2.05, 4.69) is 0 Å². The first-order valence-electron chi connectivity index (χ1n) is 10.5. The number of ketones is 1. The average Bonchev–Trinajstić information content (AvgIpc) is 3.11. The number of nitrogens with zero attached hydrogens (tertiary/aromatic N) is 1. The third-order valence-electron chi connectivity index (χ3n) is 5.51. The summed E-state index contributed by atoms with van der Waals surface area (Å²) in [4.78, 5) is 37.9. The second-order valence-corrected chi connectivity index (χ2v) is 10.2. The normalized spacial score (nSPS) is 13.6. The lowest BCUT2D eigenvalue weighted by atomic mass is 9.93. The first-order chi connectivity index (χ1) is 16.6. The van der Waals surface area contributed by atoms with Crippen molar-refractivity contribution in [3.63, 3.8) is 0 Å². The van der Waals surface area contributed by atoms with Crippen LogP contribution in [0.4, 0.5) is 0 Å². The molecular weight excluding hydrogens is 492 g/mol. The number of nitrogens with one attached hydrogen (secondary N) is 1. The standard InChI is InChI=1S/C25H21ClN2O6S/c1-34-25(31)16-9-7-15(8-10-16)14-28-20-12-11-17(26)13-19(20)22(18-5-3-4-6-21(18)29)23(28)24(30)27-35(2,32)33/h3-5,7-13H,6,14H2,1-2H3,(H,27,30). The van der Waals surface area contributed by atoms with Crippen molar-refractivity contribution in [1.82, 2.24) is 9.29 Å². The summed E-state index contributed by atoms with van der Waals surface area (Å²) in [5.41, 5.74) is 2.29. The van der Waals surface area contributed by atoms with E-state index >= 15 is 0 Å². The van der Waals surface area contributed by atoms with Gasteiger partial charge in [0.25, 0.3) is 5.91 Å². The molecule has 0 unspecified atom stereocenters. The quantitative estimate of drug-likeness (QED) is 0.504. The van der Waals surface area contributed by atoms with E-state index < -0.39 is 21.9 Å². The lowest BCUT2D eigenvalue weighted by Crippen LogP contribution is -2.32. The van der Waals surface area contributed by atoms with Crippen molar-refractivity contribution in [3.05, 3.63) is 88.1 Å². The van der Waals surface area contributed by atoms with Crippen LogP contribution in [0, 0.1) is 0 Å². The first kappa shape index (κ1) is 24.4. The van der Waals surface area contributed by atoms with Gasteiger partial charge in [0.1, 0.15) is 5.69 Å².